The van der Waals surface area contributed by atoms with E-state index in [2.05, 4.69) is 33.0 Å². The summed E-state index contributed by atoms with van der Waals surface area (Å²) in [5.41, 5.74) is 1.07. The minimum absolute atomic E-state index is 0.178. The van der Waals surface area contributed by atoms with Crippen LogP contribution in [-0.4, -0.2) is 20.7 Å². The quantitative estimate of drug-likeness (QED) is 0.916. The highest BCUT2D eigenvalue weighted by molar-refractivity contribution is 7.90. The van der Waals surface area contributed by atoms with Crippen molar-refractivity contribution in [2.75, 3.05) is 11.6 Å². The van der Waals surface area contributed by atoms with Gasteiger partial charge in [-0.1, -0.05) is 39.8 Å². The number of hydrogen-bond donors (Lipinski definition) is 1. The maximum absolute atomic E-state index is 11.7. The molecule has 1 aromatic carbocycles. The zero-order chi connectivity index (χ0) is 13.8. The van der Waals surface area contributed by atoms with Gasteiger partial charge in [0.05, 0.1) is 10.6 Å². The van der Waals surface area contributed by atoms with E-state index in [1.54, 1.807) is 12.1 Å². The van der Waals surface area contributed by atoms with Crippen molar-refractivity contribution in [3.8, 4) is 0 Å². The van der Waals surface area contributed by atoms with Gasteiger partial charge in [0, 0.05) is 12.3 Å². The van der Waals surface area contributed by atoms with Gasteiger partial charge in [-0.3, -0.25) is 0 Å². The van der Waals surface area contributed by atoms with Crippen molar-refractivity contribution in [3.63, 3.8) is 0 Å². The zero-order valence-corrected chi connectivity index (χ0v) is 12.4. The average molecular weight is 267 g/mol. The second-order valence-electron chi connectivity index (χ2n) is 6.29. The summed E-state index contributed by atoms with van der Waals surface area (Å²) in [4.78, 5) is 0.378. The van der Waals surface area contributed by atoms with Gasteiger partial charge in [0.25, 0.3) is 0 Å². The van der Waals surface area contributed by atoms with E-state index in [4.69, 9.17) is 0 Å². The van der Waals surface area contributed by atoms with E-state index >= 15 is 0 Å². The molecule has 3 nitrogen and oxygen atoms in total. The van der Waals surface area contributed by atoms with E-state index in [1.807, 2.05) is 12.1 Å². The SMILES string of the molecule is CC1(C)C(Nc2ccccc2S(C)(=O)=O)C1(C)C. The first kappa shape index (κ1) is 13.4. The predicted octanol–water partition coefficient (Wildman–Crippen LogP) is 2.94. The molecule has 1 aliphatic rings. The molecule has 0 atom stereocenters. The normalized spacial score (nSPS) is 21.6. The van der Waals surface area contributed by atoms with Gasteiger partial charge in [-0.05, 0) is 23.0 Å². The van der Waals surface area contributed by atoms with Crippen molar-refractivity contribution in [2.24, 2.45) is 10.8 Å². The van der Waals surface area contributed by atoms with Crippen molar-refractivity contribution < 1.29 is 8.42 Å². The Balaban J connectivity index is 2.33. The topological polar surface area (TPSA) is 46.2 Å². The van der Waals surface area contributed by atoms with Crippen LogP contribution in [0.3, 0.4) is 0 Å². The van der Waals surface area contributed by atoms with Crippen LogP contribution in [0.2, 0.25) is 0 Å². The Hall–Kier alpha value is -1.03. The van der Waals surface area contributed by atoms with Crippen LogP contribution in [-0.2, 0) is 9.84 Å². The highest BCUT2D eigenvalue weighted by atomic mass is 32.2. The minimum atomic E-state index is -3.19. The van der Waals surface area contributed by atoms with Gasteiger partial charge in [0.15, 0.2) is 9.84 Å². The number of para-hydroxylation sites is 1. The molecule has 18 heavy (non-hydrogen) atoms. The Labute approximate surface area is 110 Å². The van der Waals surface area contributed by atoms with Crippen molar-refractivity contribution in [2.45, 2.75) is 38.6 Å². The molecule has 0 radical (unpaired) electrons. The van der Waals surface area contributed by atoms with E-state index < -0.39 is 9.84 Å². The maximum atomic E-state index is 11.7. The molecule has 1 fully saturated rings. The fourth-order valence-corrected chi connectivity index (χ4v) is 3.47. The highest BCUT2D eigenvalue weighted by Gasteiger charge is 2.65. The molecule has 0 spiro atoms. The Morgan fingerprint density at radius 3 is 2.00 bits per heavy atom. The second kappa shape index (κ2) is 3.73. The fourth-order valence-electron chi connectivity index (χ4n) is 2.62. The van der Waals surface area contributed by atoms with E-state index in [9.17, 15) is 8.42 Å². The molecule has 0 aromatic heterocycles. The fraction of sp³-hybridized carbons (Fsp3) is 0.571. The predicted molar refractivity (Wildman–Crippen MR) is 74.5 cm³/mol. The monoisotopic (exact) mass is 267 g/mol. The lowest BCUT2D eigenvalue weighted by Gasteiger charge is -2.12. The molecular weight excluding hydrogens is 246 g/mol. The summed E-state index contributed by atoms with van der Waals surface area (Å²) < 4.78 is 23.5. The molecule has 4 heteroatoms. The van der Waals surface area contributed by atoms with E-state index in [0.717, 1.165) is 0 Å². The van der Waals surface area contributed by atoms with Gasteiger partial charge in [-0.2, -0.15) is 0 Å². The third kappa shape index (κ3) is 1.92. The molecule has 1 N–H and O–H groups in total. The van der Waals surface area contributed by atoms with E-state index in [1.165, 1.54) is 6.26 Å². The largest absolute Gasteiger partial charge is 0.380 e. The van der Waals surface area contributed by atoms with Crippen LogP contribution in [0.15, 0.2) is 29.2 Å². The zero-order valence-electron chi connectivity index (χ0n) is 11.6. The van der Waals surface area contributed by atoms with Crippen molar-refractivity contribution in [1.82, 2.24) is 0 Å². The second-order valence-corrected chi connectivity index (χ2v) is 8.27. The summed E-state index contributed by atoms with van der Waals surface area (Å²) in [6, 6.07) is 7.40. The van der Waals surface area contributed by atoms with Gasteiger partial charge in [0.2, 0.25) is 0 Å². The van der Waals surface area contributed by atoms with Crippen LogP contribution in [0.25, 0.3) is 0 Å². The third-order valence-electron chi connectivity index (χ3n) is 4.61. The third-order valence-corrected chi connectivity index (χ3v) is 5.76. The average Bonchev–Trinajstić information content (AvgIpc) is 2.60. The van der Waals surface area contributed by atoms with Crippen LogP contribution in [0.4, 0.5) is 5.69 Å². The summed E-state index contributed by atoms with van der Waals surface area (Å²) in [6.45, 7) is 8.81. The summed E-state index contributed by atoms with van der Waals surface area (Å²) in [5.74, 6) is 0. The molecular formula is C14H21NO2S. The van der Waals surface area contributed by atoms with Crippen molar-refractivity contribution >= 4 is 15.5 Å². The van der Waals surface area contributed by atoms with Gasteiger partial charge in [-0.15, -0.1) is 0 Å². The molecule has 0 unspecified atom stereocenters. The molecule has 0 heterocycles. The van der Waals surface area contributed by atoms with Crippen molar-refractivity contribution in [1.29, 1.82) is 0 Å². The number of anilines is 1. The molecule has 0 aliphatic heterocycles. The van der Waals surface area contributed by atoms with Crippen LogP contribution in [0, 0.1) is 10.8 Å². The summed E-state index contributed by atoms with van der Waals surface area (Å²) >= 11 is 0. The Bertz CT molecular complexity index is 559. The molecule has 0 saturated heterocycles. The van der Waals surface area contributed by atoms with Crippen LogP contribution in [0.1, 0.15) is 27.7 Å². The number of rotatable bonds is 3. The molecule has 100 valence electrons. The Kier molecular flexibility index (Phi) is 2.78. The first-order chi connectivity index (χ1) is 8.08. The smallest absolute Gasteiger partial charge is 0.177 e. The van der Waals surface area contributed by atoms with Gasteiger partial charge >= 0.3 is 0 Å². The van der Waals surface area contributed by atoms with Crippen LogP contribution >= 0.6 is 0 Å². The standard InChI is InChI=1S/C14H21NO2S/c1-13(2)12(14(13,3)4)15-10-8-6-7-9-11(10)18(5,16)17/h6-9,12,15H,1-5H3. The summed E-state index contributed by atoms with van der Waals surface area (Å²) in [5, 5.41) is 3.39. The van der Waals surface area contributed by atoms with Crippen LogP contribution in [0.5, 0.6) is 0 Å². The van der Waals surface area contributed by atoms with E-state index in [0.29, 0.717) is 16.6 Å². The lowest BCUT2D eigenvalue weighted by molar-refractivity contribution is 0.457. The van der Waals surface area contributed by atoms with Gasteiger partial charge < -0.3 is 5.32 Å². The van der Waals surface area contributed by atoms with Gasteiger partial charge in [0.1, 0.15) is 0 Å². The first-order valence-corrected chi connectivity index (χ1v) is 8.03. The van der Waals surface area contributed by atoms with Gasteiger partial charge in [-0.25, -0.2) is 8.42 Å². The molecule has 1 saturated carbocycles. The number of benzene rings is 1. The minimum Gasteiger partial charge on any atom is -0.380 e. The molecule has 1 aromatic rings. The first-order valence-electron chi connectivity index (χ1n) is 6.14. The summed E-state index contributed by atoms with van der Waals surface area (Å²) in [7, 11) is -3.19. The number of sulfone groups is 1. The number of nitrogens with one attached hydrogen (secondary N) is 1. The van der Waals surface area contributed by atoms with Crippen molar-refractivity contribution in [3.05, 3.63) is 24.3 Å². The molecule has 1 aliphatic carbocycles. The maximum Gasteiger partial charge on any atom is 0.177 e. The molecule has 2 rings (SSSR count). The number of hydrogen-bond acceptors (Lipinski definition) is 3. The lowest BCUT2D eigenvalue weighted by atomic mass is 10.0. The lowest BCUT2D eigenvalue weighted by Crippen LogP contribution is -2.13. The van der Waals surface area contributed by atoms with E-state index in [-0.39, 0.29) is 10.8 Å². The van der Waals surface area contributed by atoms with Crippen LogP contribution < -0.4 is 5.32 Å². The summed E-state index contributed by atoms with van der Waals surface area (Å²) in [6.07, 6.45) is 1.25. The molecule has 0 amide bonds. The molecule has 0 bridgehead atoms. The Morgan fingerprint density at radius 1 is 1.06 bits per heavy atom. The highest BCUT2D eigenvalue weighted by Crippen LogP contribution is 2.63. The Morgan fingerprint density at radius 2 is 1.56 bits per heavy atom.